The van der Waals surface area contributed by atoms with E-state index in [1.54, 1.807) is 0 Å². The van der Waals surface area contributed by atoms with E-state index >= 15 is 0 Å². The largest absolute Gasteiger partial charge is 0.289 e. The van der Waals surface area contributed by atoms with Crippen molar-refractivity contribution in [1.82, 2.24) is 0 Å². The number of hydrogen-bond donors (Lipinski definition) is 0. The lowest BCUT2D eigenvalue weighted by atomic mass is 10.0. The van der Waals surface area contributed by atoms with Gasteiger partial charge in [0.25, 0.3) is 5.67 Å². The van der Waals surface area contributed by atoms with E-state index in [9.17, 15) is 13.6 Å². The predicted octanol–water partition coefficient (Wildman–Crippen LogP) is 2.56. The Labute approximate surface area is 92.6 Å². The SMILES string of the molecule is N#CC1(F)Cc2c(F)cc(Br)cc2C1=O. The summed E-state index contributed by atoms with van der Waals surface area (Å²) < 4.78 is 27.3. The Morgan fingerprint density at radius 2 is 2.20 bits per heavy atom. The van der Waals surface area contributed by atoms with Gasteiger partial charge >= 0.3 is 0 Å². The van der Waals surface area contributed by atoms with Crippen LogP contribution in [0.5, 0.6) is 0 Å². The molecule has 1 aliphatic carbocycles. The molecule has 0 amide bonds. The second-order valence-corrected chi connectivity index (χ2v) is 4.25. The molecule has 0 saturated heterocycles. The molecule has 15 heavy (non-hydrogen) atoms. The van der Waals surface area contributed by atoms with Crippen LogP contribution in [0.2, 0.25) is 0 Å². The standard InChI is InChI=1S/C10H4BrF2NO/c11-5-1-6-7(8(12)2-5)3-10(13,4-14)9(6)15/h1-2H,3H2. The predicted molar refractivity (Wildman–Crippen MR) is 51.6 cm³/mol. The van der Waals surface area contributed by atoms with Gasteiger partial charge in [0.1, 0.15) is 11.9 Å². The summed E-state index contributed by atoms with van der Waals surface area (Å²) in [5.41, 5.74) is -2.68. The fourth-order valence-corrected chi connectivity index (χ4v) is 2.04. The van der Waals surface area contributed by atoms with Gasteiger partial charge in [0.2, 0.25) is 5.78 Å². The van der Waals surface area contributed by atoms with Gasteiger partial charge in [0, 0.05) is 22.0 Å². The molecule has 0 aliphatic heterocycles. The third kappa shape index (κ3) is 1.37. The lowest BCUT2D eigenvalue weighted by molar-refractivity contribution is 0.0820. The number of Topliss-reactive ketones (excluding diaryl/α,β-unsaturated/α-hetero) is 1. The average molecular weight is 272 g/mol. The summed E-state index contributed by atoms with van der Waals surface area (Å²) >= 11 is 3.01. The molecule has 0 bridgehead atoms. The molecule has 1 aromatic carbocycles. The number of hydrogen-bond acceptors (Lipinski definition) is 2. The van der Waals surface area contributed by atoms with Crippen molar-refractivity contribution >= 4 is 21.7 Å². The maximum Gasteiger partial charge on any atom is 0.262 e. The van der Waals surface area contributed by atoms with Gasteiger partial charge in [0.15, 0.2) is 0 Å². The molecular formula is C10H4BrF2NO. The van der Waals surface area contributed by atoms with Crippen LogP contribution in [0.1, 0.15) is 15.9 Å². The minimum atomic E-state index is -2.61. The number of halogens is 3. The number of rotatable bonds is 0. The third-order valence-corrected chi connectivity index (χ3v) is 2.82. The normalized spacial score (nSPS) is 23.7. The van der Waals surface area contributed by atoms with E-state index < -0.39 is 23.7 Å². The first-order valence-corrected chi connectivity index (χ1v) is 4.90. The number of carbonyl (C=O) groups excluding carboxylic acids is 1. The fourth-order valence-electron chi connectivity index (χ4n) is 1.61. The maximum absolute atomic E-state index is 13.6. The molecule has 0 heterocycles. The molecule has 1 unspecified atom stereocenters. The molecule has 0 N–H and O–H groups in total. The number of alkyl halides is 1. The first-order valence-electron chi connectivity index (χ1n) is 4.11. The summed E-state index contributed by atoms with van der Waals surface area (Å²) in [5, 5.41) is 8.55. The van der Waals surface area contributed by atoms with Crippen molar-refractivity contribution in [3.8, 4) is 6.07 Å². The molecule has 5 heteroatoms. The summed E-state index contributed by atoms with van der Waals surface area (Å²) in [6, 6.07) is 3.77. The summed E-state index contributed by atoms with van der Waals surface area (Å²) in [7, 11) is 0. The van der Waals surface area contributed by atoms with Crippen LogP contribution in [0.25, 0.3) is 0 Å². The summed E-state index contributed by atoms with van der Waals surface area (Å²) in [5.74, 6) is -1.62. The van der Waals surface area contributed by atoms with Crippen molar-refractivity contribution in [2.75, 3.05) is 0 Å². The Balaban J connectivity index is 2.66. The zero-order chi connectivity index (χ0) is 11.2. The van der Waals surface area contributed by atoms with Crippen LogP contribution in [0.15, 0.2) is 16.6 Å². The van der Waals surface area contributed by atoms with Crippen LogP contribution in [0.4, 0.5) is 8.78 Å². The topological polar surface area (TPSA) is 40.9 Å². The van der Waals surface area contributed by atoms with Gasteiger partial charge < -0.3 is 0 Å². The monoisotopic (exact) mass is 271 g/mol. The summed E-state index contributed by atoms with van der Waals surface area (Å²) in [4.78, 5) is 11.5. The first-order chi connectivity index (χ1) is 6.98. The molecule has 0 aromatic heterocycles. The second-order valence-electron chi connectivity index (χ2n) is 3.33. The molecule has 1 aromatic rings. The van der Waals surface area contributed by atoms with E-state index in [-0.39, 0.29) is 11.1 Å². The smallest absolute Gasteiger partial charge is 0.262 e. The molecule has 1 aliphatic rings. The number of carbonyl (C=O) groups is 1. The number of nitrogens with zero attached hydrogens (tertiary/aromatic N) is 1. The van der Waals surface area contributed by atoms with E-state index in [1.165, 1.54) is 12.1 Å². The van der Waals surface area contributed by atoms with Crippen LogP contribution < -0.4 is 0 Å². The highest BCUT2D eigenvalue weighted by Gasteiger charge is 2.48. The van der Waals surface area contributed by atoms with Gasteiger partial charge in [0.05, 0.1) is 0 Å². The number of fused-ring (bicyclic) bond motifs is 1. The van der Waals surface area contributed by atoms with E-state index in [0.29, 0.717) is 4.47 Å². The molecule has 0 spiro atoms. The Morgan fingerprint density at radius 1 is 1.53 bits per heavy atom. The van der Waals surface area contributed by atoms with E-state index in [0.717, 1.165) is 6.07 Å². The van der Waals surface area contributed by atoms with Crippen LogP contribution in [0, 0.1) is 17.1 Å². The highest BCUT2D eigenvalue weighted by Crippen LogP contribution is 2.35. The zero-order valence-corrected chi connectivity index (χ0v) is 8.94. The van der Waals surface area contributed by atoms with Crippen LogP contribution in [0.3, 0.4) is 0 Å². The highest BCUT2D eigenvalue weighted by atomic mass is 79.9. The minimum absolute atomic E-state index is 0.0211. The maximum atomic E-state index is 13.6. The molecule has 0 radical (unpaired) electrons. The van der Waals surface area contributed by atoms with Gasteiger partial charge in [-0.1, -0.05) is 15.9 Å². The van der Waals surface area contributed by atoms with Gasteiger partial charge in [-0.15, -0.1) is 0 Å². The van der Waals surface area contributed by atoms with Gasteiger partial charge in [-0.2, -0.15) is 5.26 Å². The fraction of sp³-hybridized carbons (Fsp3) is 0.200. The zero-order valence-electron chi connectivity index (χ0n) is 7.35. The van der Waals surface area contributed by atoms with Crippen molar-refractivity contribution in [3.63, 3.8) is 0 Å². The van der Waals surface area contributed by atoms with Crippen LogP contribution in [-0.2, 0) is 6.42 Å². The number of ketones is 1. The van der Waals surface area contributed by atoms with Gasteiger partial charge in [-0.25, -0.2) is 8.78 Å². The molecule has 2 nitrogen and oxygen atoms in total. The lowest BCUT2D eigenvalue weighted by Crippen LogP contribution is -2.28. The third-order valence-electron chi connectivity index (χ3n) is 2.36. The molecule has 76 valence electrons. The Hall–Kier alpha value is -1.28. The average Bonchev–Trinajstić information content (AvgIpc) is 2.43. The molecule has 2 rings (SSSR count). The Kier molecular flexibility index (Phi) is 2.12. The molecule has 1 atom stereocenters. The molecule has 0 fully saturated rings. The Bertz CT molecular complexity index is 509. The summed E-state index contributed by atoms with van der Waals surface area (Å²) in [6.45, 7) is 0. The summed E-state index contributed by atoms with van der Waals surface area (Å²) in [6.07, 6.45) is -0.503. The van der Waals surface area contributed by atoms with Crippen LogP contribution >= 0.6 is 15.9 Å². The minimum Gasteiger partial charge on any atom is -0.289 e. The van der Waals surface area contributed by atoms with Crippen molar-refractivity contribution in [1.29, 1.82) is 5.26 Å². The quantitative estimate of drug-likeness (QED) is 0.728. The number of nitriles is 1. The van der Waals surface area contributed by atoms with E-state index in [2.05, 4.69) is 15.9 Å². The van der Waals surface area contributed by atoms with Crippen molar-refractivity contribution in [2.45, 2.75) is 12.1 Å². The van der Waals surface area contributed by atoms with Crippen molar-refractivity contribution in [2.24, 2.45) is 0 Å². The van der Waals surface area contributed by atoms with Gasteiger partial charge in [-0.05, 0) is 12.1 Å². The molecular weight excluding hydrogens is 268 g/mol. The lowest BCUT2D eigenvalue weighted by Gasteiger charge is -2.04. The Morgan fingerprint density at radius 3 is 2.80 bits per heavy atom. The highest BCUT2D eigenvalue weighted by molar-refractivity contribution is 9.10. The van der Waals surface area contributed by atoms with E-state index in [1.807, 2.05) is 0 Å². The number of benzene rings is 1. The van der Waals surface area contributed by atoms with Gasteiger partial charge in [-0.3, -0.25) is 4.79 Å². The van der Waals surface area contributed by atoms with Crippen molar-refractivity contribution < 1.29 is 13.6 Å². The second kappa shape index (κ2) is 3.11. The molecule has 0 saturated carbocycles. The van der Waals surface area contributed by atoms with Crippen molar-refractivity contribution in [3.05, 3.63) is 33.5 Å². The van der Waals surface area contributed by atoms with E-state index in [4.69, 9.17) is 5.26 Å². The first kappa shape index (κ1) is 10.2. The van der Waals surface area contributed by atoms with Crippen LogP contribution in [-0.4, -0.2) is 11.5 Å².